The van der Waals surface area contributed by atoms with Gasteiger partial charge in [0.1, 0.15) is 12.4 Å². The molecule has 182 valence electrons. The summed E-state index contributed by atoms with van der Waals surface area (Å²) in [5.74, 6) is -0.154. The van der Waals surface area contributed by atoms with Gasteiger partial charge >= 0.3 is 5.97 Å². The van der Waals surface area contributed by atoms with Gasteiger partial charge in [0.2, 0.25) is 0 Å². The Bertz CT molecular complexity index is 1560. The van der Waals surface area contributed by atoms with E-state index in [2.05, 4.69) is 10.3 Å². The lowest BCUT2D eigenvalue weighted by Gasteiger charge is -2.14. The summed E-state index contributed by atoms with van der Waals surface area (Å²) in [5, 5.41) is 3.75. The van der Waals surface area contributed by atoms with E-state index in [1.165, 1.54) is 0 Å². The number of esters is 1. The second-order valence-electron chi connectivity index (χ2n) is 8.68. The van der Waals surface area contributed by atoms with Crippen molar-refractivity contribution in [2.24, 2.45) is 0 Å². The zero-order valence-electron chi connectivity index (χ0n) is 20.5. The second kappa shape index (κ2) is 10.9. The van der Waals surface area contributed by atoms with Crippen LogP contribution in [-0.4, -0.2) is 16.9 Å². The van der Waals surface area contributed by atoms with Crippen molar-refractivity contribution in [2.45, 2.75) is 20.0 Å². The lowest BCUT2D eigenvalue weighted by Crippen LogP contribution is -2.16. The molecule has 0 aliphatic carbocycles. The van der Waals surface area contributed by atoms with Crippen LogP contribution in [0.5, 0.6) is 0 Å². The zero-order chi connectivity index (χ0) is 25.6. The first-order valence-corrected chi connectivity index (χ1v) is 12.2. The van der Waals surface area contributed by atoms with Crippen molar-refractivity contribution in [3.8, 4) is 11.1 Å². The number of amides is 1. The molecule has 1 aromatic heterocycles. The van der Waals surface area contributed by atoms with Crippen molar-refractivity contribution >= 4 is 28.6 Å². The SMILES string of the molecule is CCc1cccc(-c2ccccc2)c1C(=O)Nc1ccc2cc(C(=O)OCc3ccccc3)ccc2n1. The number of anilines is 1. The van der Waals surface area contributed by atoms with Gasteiger partial charge in [0.15, 0.2) is 0 Å². The maximum atomic E-state index is 13.4. The number of ether oxygens (including phenoxy) is 1. The molecule has 5 rings (SSSR count). The quantitative estimate of drug-likeness (QED) is 0.250. The minimum atomic E-state index is -0.396. The van der Waals surface area contributed by atoms with E-state index >= 15 is 0 Å². The third-order valence-electron chi connectivity index (χ3n) is 6.22. The number of aromatic nitrogens is 1. The van der Waals surface area contributed by atoms with Crippen molar-refractivity contribution in [3.63, 3.8) is 0 Å². The topological polar surface area (TPSA) is 68.3 Å². The highest BCUT2D eigenvalue weighted by Gasteiger charge is 2.18. The van der Waals surface area contributed by atoms with Crippen LogP contribution in [0.15, 0.2) is 109 Å². The number of pyridine rings is 1. The number of nitrogens with zero attached hydrogens (tertiary/aromatic N) is 1. The molecule has 0 atom stereocenters. The maximum absolute atomic E-state index is 13.4. The van der Waals surface area contributed by atoms with Crippen LogP contribution < -0.4 is 5.32 Å². The molecule has 0 aliphatic rings. The lowest BCUT2D eigenvalue weighted by atomic mass is 9.93. The van der Waals surface area contributed by atoms with Gasteiger partial charge in [-0.3, -0.25) is 4.79 Å². The third kappa shape index (κ3) is 5.41. The lowest BCUT2D eigenvalue weighted by molar-refractivity contribution is 0.0473. The van der Waals surface area contributed by atoms with Gasteiger partial charge in [0.05, 0.1) is 16.6 Å². The van der Waals surface area contributed by atoms with Gasteiger partial charge in [-0.05, 0) is 59.0 Å². The van der Waals surface area contributed by atoms with Gasteiger partial charge in [-0.15, -0.1) is 0 Å². The first-order valence-electron chi connectivity index (χ1n) is 12.2. The minimum Gasteiger partial charge on any atom is -0.457 e. The van der Waals surface area contributed by atoms with Gasteiger partial charge in [-0.25, -0.2) is 9.78 Å². The number of aryl methyl sites for hydroxylation is 1. The molecule has 0 saturated heterocycles. The predicted octanol–water partition coefficient (Wildman–Crippen LogP) is 7.07. The number of carbonyl (C=O) groups excluding carboxylic acids is 2. The van der Waals surface area contributed by atoms with Crippen molar-refractivity contribution in [2.75, 3.05) is 5.32 Å². The van der Waals surface area contributed by atoms with Crippen molar-refractivity contribution < 1.29 is 14.3 Å². The second-order valence-corrected chi connectivity index (χ2v) is 8.68. The van der Waals surface area contributed by atoms with E-state index in [0.29, 0.717) is 22.5 Å². The molecule has 0 fully saturated rings. The van der Waals surface area contributed by atoms with Crippen LogP contribution in [0, 0.1) is 0 Å². The highest BCUT2D eigenvalue weighted by atomic mass is 16.5. The normalized spacial score (nSPS) is 10.7. The fourth-order valence-corrected chi connectivity index (χ4v) is 4.33. The van der Waals surface area contributed by atoms with E-state index in [0.717, 1.165) is 34.1 Å². The van der Waals surface area contributed by atoms with Crippen LogP contribution in [0.25, 0.3) is 22.0 Å². The molecule has 0 radical (unpaired) electrons. The largest absolute Gasteiger partial charge is 0.457 e. The molecule has 0 bridgehead atoms. The molecule has 1 amide bonds. The van der Waals surface area contributed by atoms with E-state index in [-0.39, 0.29) is 12.5 Å². The summed E-state index contributed by atoms with van der Waals surface area (Å²) in [4.78, 5) is 30.6. The smallest absolute Gasteiger partial charge is 0.338 e. The number of hydrogen-bond donors (Lipinski definition) is 1. The van der Waals surface area contributed by atoms with E-state index in [1.54, 1.807) is 24.3 Å². The maximum Gasteiger partial charge on any atom is 0.338 e. The summed E-state index contributed by atoms with van der Waals surface area (Å²) in [6, 6.07) is 34.2. The molecule has 0 aliphatic heterocycles. The number of benzene rings is 4. The van der Waals surface area contributed by atoms with Gasteiger partial charge in [-0.1, -0.05) is 85.8 Å². The standard InChI is InChI=1S/C32H26N2O3/c1-2-23-14-9-15-27(24-12-7-4-8-13-24)30(23)31(35)34-29-19-17-25-20-26(16-18-28(25)33-29)32(36)37-21-22-10-5-3-6-11-22/h3-20H,2,21H2,1H3,(H,33,34,35). The Morgan fingerprint density at radius 1 is 0.811 bits per heavy atom. The Hall–Kier alpha value is -4.77. The summed E-state index contributed by atoms with van der Waals surface area (Å²) in [7, 11) is 0. The van der Waals surface area contributed by atoms with Gasteiger partial charge in [-0.2, -0.15) is 0 Å². The average molecular weight is 487 g/mol. The molecular formula is C32H26N2O3. The number of hydrogen-bond acceptors (Lipinski definition) is 4. The Morgan fingerprint density at radius 2 is 1.57 bits per heavy atom. The molecule has 0 saturated carbocycles. The van der Waals surface area contributed by atoms with Crippen LogP contribution in [0.4, 0.5) is 5.82 Å². The first-order chi connectivity index (χ1) is 18.1. The van der Waals surface area contributed by atoms with Crippen LogP contribution in [0.3, 0.4) is 0 Å². The van der Waals surface area contributed by atoms with E-state index in [1.807, 2.05) is 91.9 Å². The predicted molar refractivity (Wildman–Crippen MR) is 147 cm³/mol. The van der Waals surface area contributed by atoms with E-state index in [4.69, 9.17) is 4.74 Å². The van der Waals surface area contributed by atoms with Gasteiger partial charge in [0, 0.05) is 5.39 Å². The minimum absolute atomic E-state index is 0.204. The molecule has 0 unspecified atom stereocenters. The molecule has 5 nitrogen and oxygen atoms in total. The Balaban J connectivity index is 1.36. The van der Waals surface area contributed by atoms with Gasteiger partial charge in [0.25, 0.3) is 5.91 Å². The molecule has 1 heterocycles. The highest BCUT2D eigenvalue weighted by molar-refractivity contribution is 6.09. The molecule has 5 heteroatoms. The van der Waals surface area contributed by atoms with Crippen LogP contribution >= 0.6 is 0 Å². The number of carbonyl (C=O) groups is 2. The molecule has 4 aromatic carbocycles. The van der Waals surface area contributed by atoms with Gasteiger partial charge < -0.3 is 10.1 Å². The number of nitrogens with one attached hydrogen (secondary N) is 1. The molecule has 1 N–H and O–H groups in total. The Morgan fingerprint density at radius 3 is 2.32 bits per heavy atom. The third-order valence-corrected chi connectivity index (χ3v) is 6.22. The first kappa shape index (κ1) is 23.9. The van der Waals surface area contributed by atoms with E-state index < -0.39 is 5.97 Å². The molecule has 5 aromatic rings. The Kier molecular flexibility index (Phi) is 7.04. The van der Waals surface area contributed by atoms with Crippen molar-refractivity contribution in [1.29, 1.82) is 0 Å². The van der Waals surface area contributed by atoms with E-state index in [9.17, 15) is 9.59 Å². The zero-order valence-corrected chi connectivity index (χ0v) is 20.5. The number of rotatable bonds is 7. The fourth-order valence-electron chi connectivity index (χ4n) is 4.33. The summed E-state index contributed by atoms with van der Waals surface area (Å²) >= 11 is 0. The Labute approximate surface area is 215 Å². The monoisotopic (exact) mass is 486 g/mol. The summed E-state index contributed by atoms with van der Waals surface area (Å²) in [6.07, 6.45) is 0.734. The molecular weight excluding hydrogens is 460 g/mol. The van der Waals surface area contributed by atoms with Crippen LogP contribution in [0.2, 0.25) is 0 Å². The highest BCUT2D eigenvalue weighted by Crippen LogP contribution is 2.28. The molecule has 0 spiro atoms. The average Bonchev–Trinajstić information content (AvgIpc) is 2.96. The van der Waals surface area contributed by atoms with Crippen molar-refractivity contribution in [1.82, 2.24) is 4.98 Å². The van der Waals surface area contributed by atoms with Crippen LogP contribution in [-0.2, 0) is 17.8 Å². The number of fused-ring (bicyclic) bond motifs is 1. The molecule has 37 heavy (non-hydrogen) atoms. The van der Waals surface area contributed by atoms with Crippen LogP contribution in [0.1, 0.15) is 38.8 Å². The fraction of sp³-hybridized carbons (Fsp3) is 0.0938. The summed E-state index contributed by atoms with van der Waals surface area (Å²) in [5.41, 5.74) is 5.54. The van der Waals surface area contributed by atoms with Crippen molar-refractivity contribution in [3.05, 3.63) is 131 Å². The summed E-state index contributed by atoms with van der Waals surface area (Å²) in [6.45, 7) is 2.25. The summed E-state index contributed by atoms with van der Waals surface area (Å²) < 4.78 is 5.44.